The van der Waals surface area contributed by atoms with Crippen LogP contribution in [0.3, 0.4) is 0 Å². The van der Waals surface area contributed by atoms with E-state index in [-0.39, 0.29) is 39.0 Å². The Morgan fingerprint density at radius 3 is 1.66 bits per heavy atom. The number of nitrogens with zero attached hydrogens (tertiary/aromatic N) is 5. The average Bonchev–Trinajstić information content (AvgIpc) is 3.76. The van der Waals surface area contributed by atoms with E-state index in [2.05, 4.69) is 4.98 Å². The molecule has 0 aliphatic rings. The first kappa shape index (κ1) is 14.9. The maximum Gasteiger partial charge on any atom is 0.238 e. The van der Waals surface area contributed by atoms with Crippen LogP contribution in [-0.2, 0) is 0 Å². The third-order valence-corrected chi connectivity index (χ3v) is 7.55. The van der Waals surface area contributed by atoms with Gasteiger partial charge in [0, 0.05) is 32.7 Å². The highest BCUT2D eigenvalue weighted by molar-refractivity contribution is 6.10. The van der Waals surface area contributed by atoms with E-state index in [0.717, 1.165) is 26.4 Å². The Morgan fingerprint density at radius 2 is 0.977 bits per heavy atom. The molecular formula is C39H25N5. The standard InChI is InChI=1S/C39H25N5/c1-2-14-26(15-3-1)37-40-38(42-39(41-37)44-34-23-11-6-18-29(34)30-19-7-12-24-35(30)44)31-20-8-13-25-36(31)43-32-21-9-4-16-27(32)28-17-5-10-22-33(28)43/h1-25H/i1D,2D,3D,6D,7D,11D,12D,14D,15D,18D,19D,23D,24D. The van der Waals surface area contributed by atoms with E-state index < -0.39 is 84.5 Å². The summed E-state index contributed by atoms with van der Waals surface area (Å²) in [7, 11) is 0. The summed E-state index contributed by atoms with van der Waals surface area (Å²) in [5.74, 6) is -0.856. The molecule has 0 N–H and O–H groups in total. The van der Waals surface area contributed by atoms with Crippen molar-refractivity contribution in [2.75, 3.05) is 0 Å². The van der Waals surface area contributed by atoms with Crippen molar-refractivity contribution in [2.24, 2.45) is 0 Å². The first-order chi connectivity index (χ1) is 27.2. The second-order valence-corrected chi connectivity index (χ2v) is 9.95. The lowest BCUT2D eigenvalue weighted by Gasteiger charge is -2.15. The SMILES string of the molecule is [2H]c1c([2H])c([2H])c(-c2nc(-c3ccccc3-n3c4ccccc4c4ccccc43)nc(-n3c4c([2H])c([2H])c([2H])c([2H])c4c4c([2H])c([2H])c([2H])c([2H])c43)n2)c([2H])c1[2H]. The molecule has 0 spiro atoms. The Morgan fingerprint density at radius 1 is 0.432 bits per heavy atom. The molecule has 9 aromatic rings. The maximum atomic E-state index is 9.03. The highest BCUT2D eigenvalue weighted by Gasteiger charge is 2.20. The fourth-order valence-electron chi connectivity index (χ4n) is 5.72. The highest BCUT2D eigenvalue weighted by Crippen LogP contribution is 2.36. The molecule has 3 aromatic heterocycles. The molecule has 0 aliphatic heterocycles. The number of fused-ring (bicyclic) bond motifs is 6. The molecule has 0 radical (unpaired) electrons. The van der Waals surface area contributed by atoms with Crippen LogP contribution in [0.4, 0.5) is 0 Å². The lowest BCUT2D eigenvalue weighted by molar-refractivity contribution is 0.951. The largest absolute Gasteiger partial charge is 0.309 e. The monoisotopic (exact) mass is 576 g/mol. The molecule has 206 valence electrons. The summed E-state index contributed by atoms with van der Waals surface area (Å²) >= 11 is 0. The molecule has 3 heterocycles. The van der Waals surface area contributed by atoms with Gasteiger partial charge in [-0.05, 0) is 36.4 Å². The molecule has 0 aliphatic carbocycles. The number of aromatic nitrogens is 5. The highest BCUT2D eigenvalue weighted by atomic mass is 15.2. The summed E-state index contributed by atoms with van der Waals surface area (Å²) in [6.45, 7) is 0. The van der Waals surface area contributed by atoms with E-state index in [1.807, 2.05) is 65.2 Å². The van der Waals surface area contributed by atoms with Gasteiger partial charge in [-0.1, -0.05) is 115 Å². The smallest absolute Gasteiger partial charge is 0.238 e. The third-order valence-electron chi connectivity index (χ3n) is 7.55. The van der Waals surface area contributed by atoms with Crippen molar-refractivity contribution in [3.63, 3.8) is 0 Å². The van der Waals surface area contributed by atoms with Crippen molar-refractivity contribution in [2.45, 2.75) is 0 Å². The molecule has 0 atom stereocenters. The van der Waals surface area contributed by atoms with Gasteiger partial charge in [-0.2, -0.15) is 9.97 Å². The van der Waals surface area contributed by atoms with Gasteiger partial charge >= 0.3 is 0 Å². The minimum absolute atomic E-state index is 0.0732. The number of rotatable bonds is 4. The third kappa shape index (κ3) is 3.69. The minimum atomic E-state index is -0.653. The molecule has 0 amide bonds. The Kier molecular flexibility index (Phi) is 3.30. The second kappa shape index (κ2) is 9.75. The van der Waals surface area contributed by atoms with Crippen LogP contribution < -0.4 is 0 Å². The fraction of sp³-hybridized carbons (Fsp3) is 0. The lowest BCUT2D eigenvalue weighted by Crippen LogP contribution is -2.07. The molecule has 0 unspecified atom stereocenters. The minimum Gasteiger partial charge on any atom is -0.309 e. The summed E-state index contributed by atoms with van der Waals surface area (Å²) in [6, 6.07) is 14.7. The van der Waals surface area contributed by atoms with Crippen molar-refractivity contribution in [3.8, 4) is 34.4 Å². The molecular weight excluding hydrogens is 538 g/mol. The first-order valence-corrected chi connectivity index (χ1v) is 13.7. The normalized spacial score (nSPS) is 15.8. The predicted octanol–water partition coefficient (Wildman–Crippen LogP) is 9.40. The topological polar surface area (TPSA) is 48.5 Å². The van der Waals surface area contributed by atoms with Crippen LogP contribution >= 0.6 is 0 Å². The molecule has 0 saturated carbocycles. The molecule has 5 heteroatoms. The zero-order chi connectivity index (χ0) is 40.3. The van der Waals surface area contributed by atoms with Crippen molar-refractivity contribution in [3.05, 3.63) is 151 Å². The van der Waals surface area contributed by atoms with Gasteiger partial charge in [-0.25, -0.2) is 4.98 Å². The van der Waals surface area contributed by atoms with E-state index in [4.69, 9.17) is 27.8 Å². The zero-order valence-electron chi connectivity index (χ0n) is 35.7. The summed E-state index contributed by atoms with van der Waals surface area (Å²) in [6.07, 6.45) is 0. The molecule has 5 nitrogen and oxygen atoms in total. The van der Waals surface area contributed by atoms with Crippen LogP contribution in [0.15, 0.2) is 151 Å². The zero-order valence-corrected chi connectivity index (χ0v) is 22.7. The first-order valence-electron chi connectivity index (χ1n) is 20.2. The van der Waals surface area contributed by atoms with E-state index in [1.54, 1.807) is 12.1 Å². The van der Waals surface area contributed by atoms with Crippen molar-refractivity contribution in [1.29, 1.82) is 0 Å². The molecule has 9 rings (SSSR count). The van der Waals surface area contributed by atoms with Crippen molar-refractivity contribution < 1.29 is 17.8 Å². The summed E-state index contributed by atoms with van der Waals surface area (Å²) in [5, 5.41) is 1.51. The van der Waals surface area contributed by atoms with E-state index in [9.17, 15) is 0 Å². The van der Waals surface area contributed by atoms with Crippen LogP contribution in [0.1, 0.15) is 17.8 Å². The second-order valence-electron chi connectivity index (χ2n) is 9.95. The van der Waals surface area contributed by atoms with Gasteiger partial charge in [0.15, 0.2) is 11.6 Å². The van der Waals surface area contributed by atoms with Crippen LogP contribution in [0.25, 0.3) is 78.0 Å². The Labute approximate surface area is 271 Å². The van der Waals surface area contributed by atoms with Crippen LogP contribution in [0.2, 0.25) is 0 Å². The van der Waals surface area contributed by atoms with Gasteiger partial charge in [-0.15, -0.1) is 0 Å². The number of benzene rings is 6. The number of hydrogen-bond donors (Lipinski definition) is 0. The summed E-state index contributed by atoms with van der Waals surface area (Å²) in [4.78, 5) is 14.2. The van der Waals surface area contributed by atoms with Gasteiger partial charge < -0.3 is 4.57 Å². The van der Waals surface area contributed by atoms with Gasteiger partial charge in [0.25, 0.3) is 0 Å². The number of para-hydroxylation sites is 5. The van der Waals surface area contributed by atoms with E-state index in [1.165, 1.54) is 0 Å². The van der Waals surface area contributed by atoms with Crippen LogP contribution in [-0.4, -0.2) is 24.1 Å². The fourth-order valence-corrected chi connectivity index (χ4v) is 5.72. The average molecular weight is 577 g/mol. The maximum absolute atomic E-state index is 9.03. The Balaban J connectivity index is 1.48. The van der Waals surface area contributed by atoms with Gasteiger partial charge in [0.1, 0.15) is 0 Å². The quantitative estimate of drug-likeness (QED) is 0.210. The molecule has 0 fully saturated rings. The molecule has 6 aromatic carbocycles. The van der Waals surface area contributed by atoms with Gasteiger partial charge in [0.2, 0.25) is 5.95 Å². The van der Waals surface area contributed by atoms with E-state index >= 15 is 0 Å². The van der Waals surface area contributed by atoms with Crippen LogP contribution in [0.5, 0.6) is 0 Å². The Hall–Kier alpha value is -6.07. The van der Waals surface area contributed by atoms with Crippen molar-refractivity contribution >= 4 is 43.6 Å². The van der Waals surface area contributed by atoms with Gasteiger partial charge in [0.05, 0.1) is 45.6 Å². The number of hydrogen-bond acceptors (Lipinski definition) is 3. The van der Waals surface area contributed by atoms with Gasteiger partial charge in [-0.3, -0.25) is 4.57 Å². The Bertz CT molecular complexity index is 3090. The van der Waals surface area contributed by atoms with E-state index in [0.29, 0.717) is 11.3 Å². The molecule has 44 heavy (non-hydrogen) atoms. The lowest BCUT2D eigenvalue weighted by atomic mass is 10.1. The summed E-state index contributed by atoms with van der Waals surface area (Å²) in [5.41, 5.74) is 1.77. The predicted molar refractivity (Wildman–Crippen MR) is 179 cm³/mol. The summed E-state index contributed by atoms with van der Waals surface area (Å²) < 4.78 is 116. The molecule has 0 saturated heterocycles. The van der Waals surface area contributed by atoms with Crippen molar-refractivity contribution in [1.82, 2.24) is 24.1 Å². The molecule has 0 bridgehead atoms. The van der Waals surface area contributed by atoms with Crippen LogP contribution in [0, 0.1) is 0 Å².